The minimum absolute atomic E-state index is 0.329. The number of halogens is 1. The van der Waals surface area contributed by atoms with Crippen LogP contribution in [0.4, 0.5) is 17.1 Å². The molecule has 0 saturated carbocycles. The van der Waals surface area contributed by atoms with Gasteiger partial charge in [-0.15, -0.1) is 0 Å². The van der Waals surface area contributed by atoms with Gasteiger partial charge in [-0.05, 0) is 43.7 Å². The summed E-state index contributed by atoms with van der Waals surface area (Å²) in [6.07, 6.45) is 0. The summed E-state index contributed by atoms with van der Waals surface area (Å²) in [6, 6.07) is 10.6. The van der Waals surface area contributed by atoms with Crippen LogP contribution in [0, 0.1) is 6.92 Å². The zero-order chi connectivity index (χ0) is 15.4. The predicted octanol–water partition coefficient (Wildman–Crippen LogP) is 4.15. The molecule has 0 amide bonds. The van der Waals surface area contributed by atoms with Gasteiger partial charge in [-0.25, -0.2) is 4.79 Å². The van der Waals surface area contributed by atoms with Crippen LogP contribution in [0.2, 0.25) is 5.02 Å². The zero-order valence-corrected chi connectivity index (χ0v) is 12.7. The molecule has 0 heterocycles. The van der Waals surface area contributed by atoms with Crippen molar-refractivity contribution in [2.24, 2.45) is 0 Å². The number of para-hydroxylation sites is 1. The van der Waals surface area contributed by atoms with Crippen molar-refractivity contribution in [1.29, 1.82) is 0 Å². The molecule has 2 rings (SSSR count). The van der Waals surface area contributed by atoms with Crippen LogP contribution in [0.15, 0.2) is 36.4 Å². The summed E-state index contributed by atoms with van der Waals surface area (Å²) in [7, 11) is 0. The van der Waals surface area contributed by atoms with E-state index in [1.807, 2.05) is 19.1 Å². The second-order valence-electron chi connectivity index (χ2n) is 4.58. The summed E-state index contributed by atoms with van der Waals surface area (Å²) in [5, 5.41) is 3.77. The first kappa shape index (κ1) is 15.2. The van der Waals surface area contributed by atoms with Gasteiger partial charge >= 0.3 is 5.97 Å². The second-order valence-corrected chi connectivity index (χ2v) is 4.99. The first-order valence-electron chi connectivity index (χ1n) is 6.61. The Labute approximate surface area is 128 Å². The van der Waals surface area contributed by atoms with E-state index < -0.39 is 0 Å². The summed E-state index contributed by atoms with van der Waals surface area (Å²) < 4.78 is 4.99. The highest BCUT2D eigenvalue weighted by molar-refractivity contribution is 6.33. The van der Waals surface area contributed by atoms with Crippen LogP contribution in [0.3, 0.4) is 0 Å². The highest BCUT2D eigenvalue weighted by atomic mass is 35.5. The number of hydrogen-bond acceptors (Lipinski definition) is 4. The number of benzene rings is 2. The predicted molar refractivity (Wildman–Crippen MR) is 86.3 cm³/mol. The number of ether oxygens (including phenoxy) is 1. The van der Waals surface area contributed by atoms with Crippen molar-refractivity contribution in [2.75, 3.05) is 17.7 Å². The maximum absolute atomic E-state index is 11.8. The molecule has 21 heavy (non-hydrogen) atoms. The van der Waals surface area contributed by atoms with E-state index in [1.54, 1.807) is 31.2 Å². The van der Waals surface area contributed by atoms with E-state index in [0.29, 0.717) is 28.6 Å². The van der Waals surface area contributed by atoms with Gasteiger partial charge in [0.15, 0.2) is 0 Å². The smallest absolute Gasteiger partial charge is 0.338 e. The minimum Gasteiger partial charge on any atom is -0.462 e. The molecule has 0 saturated heterocycles. The fraction of sp³-hybridized carbons (Fsp3) is 0.188. The van der Waals surface area contributed by atoms with Crippen LogP contribution in [-0.4, -0.2) is 12.6 Å². The summed E-state index contributed by atoms with van der Waals surface area (Å²) >= 11 is 6.19. The zero-order valence-electron chi connectivity index (χ0n) is 11.9. The number of carbonyl (C=O) groups is 1. The Balaban J connectivity index is 2.35. The Morgan fingerprint density at radius 2 is 2.10 bits per heavy atom. The molecular formula is C16H17ClN2O2. The lowest BCUT2D eigenvalue weighted by Gasteiger charge is -2.14. The van der Waals surface area contributed by atoms with Crippen molar-refractivity contribution in [3.05, 3.63) is 52.5 Å². The van der Waals surface area contributed by atoms with Crippen molar-refractivity contribution < 1.29 is 9.53 Å². The number of anilines is 3. The van der Waals surface area contributed by atoms with Crippen molar-refractivity contribution in [3.8, 4) is 0 Å². The fourth-order valence-corrected chi connectivity index (χ4v) is 2.20. The standard InChI is InChI=1S/C16H17ClN2O2/c1-3-21-16(20)11-7-8-13(18)14(9-11)19-15-10(2)5-4-6-12(15)17/h4-9,19H,3,18H2,1-2H3. The lowest BCUT2D eigenvalue weighted by molar-refractivity contribution is 0.0526. The Kier molecular flexibility index (Phi) is 4.70. The van der Waals surface area contributed by atoms with Crippen molar-refractivity contribution in [3.63, 3.8) is 0 Å². The third-order valence-corrected chi connectivity index (χ3v) is 3.36. The van der Waals surface area contributed by atoms with Gasteiger partial charge < -0.3 is 15.8 Å². The molecule has 5 heteroatoms. The van der Waals surface area contributed by atoms with E-state index in [4.69, 9.17) is 22.1 Å². The van der Waals surface area contributed by atoms with Crippen LogP contribution in [0.5, 0.6) is 0 Å². The molecule has 0 atom stereocenters. The highest BCUT2D eigenvalue weighted by Gasteiger charge is 2.11. The van der Waals surface area contributed by atoms with Crippen LogP contribution in [0.25, 0.3) is 0 Å². The second kappa shape index (κ2) is 6.50. The van der Waals surface area contributed by atoms with Crippen molar-refractivity contribution in [2.45, 2.75) is 13.8 Å². The van der Waals surface area contributed by atoms with Gasteiger partial charge in [0.25, 0.3) is 0 Å². The van der Waals surface area contributed by atoms with Gasteiger partial charge in [-0.2, -0.15) is 0 Å². The third-order valence-electron chi connectivity index (χ3n) is 3.05. The average Bonchev–Trinajstić information content (AvgIpc) is 2.45. The number of hydrogen-bond donors (Lipinski definition) is 2. The summed E-state index contributed by atoms with van der Waals surface area (Å²) in [4.78, 5) is 11.8. The molecule has 0 aliphatic carbocycles. The number of nitrogens with one attached hydrogen (secondary N) is 1. The van der Waals surface area contributed by atoms with Gasteiger partial charge in [0, 0.05) is 0 Å². The van der Waals surface area contributed by atoms with E-state index in [9.17, 15) is 4.79 Å². The van der Waals surface area contributed by atoms with Crippen LogP contribution < -0.4 is 11.1 Å². The molecule has 0 aliphatic heterocycles. The molecule has 2 aromatic rings. The molecule has 110 valence electrons. The Morgan fingerprint density at radius 3 is 2.76 bits per heavy atom. The van der Waals surface area contributed by atoms with Gasteiger partial charge in [0.05, 0.1) is 34.3 Å². The SMILES string of the molecule is CCOC(=O)c1ccc(N)c(Nc2c(C)cccc2Cl)c1. The summed E-state index contributed by atoms with van der Waals surface area (Å²) in [5.41, 5.74) is 9.31. The Morgan fingerprint density at radius 1 is 1.33 bits per heavy atom. The Bertz CT molecular complexity index is 651. The van der Waals surface area contributed by atoms with Gasteiger partial charge in [0.2, 0.25) is 0 Å². The number of nitrogens with two attached hydrogens (primary N) is 1. The number of aryl methyl sites for hydroxylation is 1. The third kappa shape index (κ3) is 3.47. The number of esters is 1. The fourth-order valence-electron chi connectivity index (χ4n) is 1.93. The molecule has 4 nitrogen and oxygen atoms in total. The molecule has 0 radical (unpaired) electrons. The molecule has 0 unspecified atom stereocenters. The molecular weight excluding hydrogens is 288 g/mol. The lowest BCUT2D eigenvalue weighted by atomic mass is 10.1. The normalized spacial score (nSPS) is 10.2. The first-order chi connectivity index (χ1) is 10.0. The van der Waals surface area contributed by atoms with Crippen molar-refractivity contribution in [1.82, 2.24) is 0 Å². The topological polar surface area (TPSA) is 64.3 Å². The molecule has 0 bridgehead atoms. The van der Waals surface area contributed by atoms with E-state index in [2.05, 4.69) is 5.32 Å². The van der Waals surface area contributed by atoms with Crippen LogP contribution >= 0.6 is 11.6 Å². The van der Waals surface area contributed by atoms with E-state index in [-0.39, 0.29) is 5.97 Å². The first-order valence-corrected chi connectivity index (χ1v) is 6.99. The van der Waals surface area contributed by atoms with Gasteiger partial charge in [-0.1, -0.05) is 23.7 Å². The molecule has 2 aromatic carbocycles. The summed E-state index contributed by atoms with van der Waals surface area (Å²) in [6.45, 7) is 4.04. The van der Waals surface area contributed by atoms with Gasteiger partial charge in [-0.3, -0.25) is 0 Å². The summed E-state index contributed by atoms with van der Waals surface area (Å²) in [5.74, 6) is -0.378. The Hall–Kier alpha value is -2.20. The number of rotatable bonds is 4. The quantitative estimate of drug-likeness (QED) is 0.658. The molecule has 3 N–H and O–H groups in total. The molecule has 0 aromatic heterocycles. The lowest BCUT2D eigenvalue weighted by Crippen LogP contribution is -2.06. The maximum atomic E-state index is 11.8. The van der Waals surface area contributed by atoms with E-state index in [0.717, 1.165) is 11.3 Å². The average molecular weight is 305 g/mol. The molecule has 0 spiro atoms. The van der Waals surface area contributed by atoms with Crippen LogP contribution in [-0.2, 0) is 4.74 Å². The minimum atomic E-state index is -0.378. The monoisotopic (exact) mass is 304 g/mol. The molecule has 0 fully saturated rings. The van der Waals surface area contributed by atoms with Crippen LogP contribution in [0.1, 0.15) is 22.8 Å². The highest BCUT2D eigenvalue weighted by Crippen LogP contribution is 2.31. The largest absolute Gasteiger partial charge is 0.462 e. The molecule has 0 aliphatic rings. The van der Waals surface area contributed by atoms with E-state index in [1.165, 1.54) is 0 Å². The van der Waals surface area contributed by atoms with Gasteiger partial charge in [0.1, 0.15) is 0 Å². The number of carbonyl (C=O) groups excluding carboxylic acids is 1. The number of nitrogen functional groups attached to an aromatic ring is 1. The van der Waals surface area contributed by atoms with E-state index >= 15 is 0 Å². The maximum Gasteiger partial charge on any atom is 0.338 e. The van der Waals surface area contributed by atoms with Crippen molar-refractivity contribution >= 4 is 34.6 Å².